The third-order valence-electron chi connectivity index (χ3n) is 2.29. The summed E-state index contributed by atoms with van der Waals surface area (Å²) in [5, 5.41) is 17.2. The first-order chi connectivity index (χ1) is 9.56. The van der Waals surface area contributed by atoms with Crippen molar-refractivity contribution in [2.24, 2.45) is 5.10 Å². The molecule has 2 aromatic rings. The van der Waals surface area contributed by atoms with Crippen molar-refractivity contribution in [3.8, 4) is 0 Å². The monoisotopic (exact) mass is 291 g/mol. The van der Waals surface area contributed by atoms with Gasteiger partial charge in [-0.05, 0) is 30.0 Å². The molecule has 0 atom stereocenters. The van der Waals surface area contributed by atoms with Gasteiger partial charge in [0.1, 0.15) is 5.76 Å². The first-order valence-electron chi connectivity index (χ1n) is 5.78. The Morgan fingerprint density at radius 1 is 1.30 bits per heavy atom. The van der Waals surface area contributed by atoms with E-state index in [0.717, 1.165) is 0 Å². The molecule has 0 aliphatic heterocycles. The summed E-state index contributed by atoms with van der Waals surface area (Å²) in [6.07, 6.45) is 1.59. The maximum absolute atomic E-state index is 10.9. The van der Waals surface area contributed by atoms with Gasteiger partial charge in [0, 0.05) is 20.2 Å². The number of nitrogens with zero attached hydrogens (tertiary/aromatic N) is 3. The Balaban J connectivity index is 2.17. The van der Waals surface area contributed by atoms with Gasteiger partial charge in [-0.1, -0.05) is 12.1 Å². The average molecular weight is 291 g/mol. The van der Waals surface area contributed by atoms with E-state index in [-0.39, 0.29) is 5.69 Å². The van der Waals surface area contributed by atoms with Crippen LogP contribution in [0.1, 0.15) is 5.76 Å². The van der Waals surface area contributed by atoms with Gasteiger partial charge in [0.2, 0.25) is 0 Å². The van der Waals surface area contributed by atoms with Gasteiger partial charge >= 0.3 is 0 Å². The summed E-state index contributed by atoms with van der Waals surface area (Å²) < 4.78 is 5.54. The van der Waals surface area contributed by atoms with Gasteiger partial charge in [-0.25, -0.2) is 0 Å². The summed E-state index contributed by atoms with van der Waals surface area (Å²) in [4.78, 5) is 11.1. The van der Waals surface area contributed by atoms with Crippen molar-refractivity contribution in [1.82, 2.24) is 5.01 Å². The summed E-state index contributed by atoms with van der Waals surface area (Å²) in [5.74, 6) is 0.597. The second kappa shape index (κ2) is 6.25. The summed E-state index contributed by atoms with van der Waals surface area (Å²) in [7, 11) is 3.62. The smallest absolute Gasteiger partial charge is 0.283 e. The minimum atomic E-state index is -0.403. The highest BCUT2D eigenvalue weighted by molar-refractivity contribution is 7.99. The Morgan fingerprint density at radius 2 is 2.05 bits per heavy atom. The van der Waals surface area contributed by atoms with Crippen LogP contribution < -0.4 is 0 Å². The predicted octanol–water partition coefficient (Wildman–Crippen LogP) is 3.23. The van der Waals surface area contributed by atoms with E-state index in [2.05, 4.69) is 5.10 Å². The van der Waals surface area contributed by atoms with E-state index < -0.39 is 4.92 Å². The first-order valence-corrected chi connectivity index (χ1v) is 6.60. The van der Waals surface area contributed by atoms with Gasteiger partial charge in [-0.2, -0.15) is 5.10 Å². The lowest BCUT2D eigenvalue weighted by molar-refractivity contribution is -0.387. The Kier molecular flexibility index (Phi) is 4.41. The molecule has 104 valence electrons. The number of hydrogen-bond acceptors (Lipinski definition) is 6. The van der Waals surface area contributed by atoms with Crippen LogP contribution in [0.3, 0.4) is 0 Å². The van der Waals surface area contributed by atoms with Crippen LogP contribution in [0.5, 0.6) is 0 Å². The van der Waals surface area contributed by atoms with Crippen molar-refractivity contribution >= 4 is 23.7 Å². The number of furan rings is 1. The fraction of sp³-hybridized carbons (Fsp3) is 0.154. The SMILES string of the molecule is CN(C)/N=C/c1ccc(Sc2ccccc2[N+](=O)[O-])o1. The van der Waals surface area contributed by atoms with Crippen molar-refractivity contribution in [3.63, 3.8) is 0 Å². The Labute approximate surface area is 120 Å². The average Bonchev–Trinajstić information content (AvgIpc) is 2.84. The molecule has 0 radical (unpaired) electrons. The topological polar surface area (TPSA) is 71.9 Å². The van der Waals surface area contributed by atoms with Gasteiger partial charge in [0.05, 0.1) is 16.0 Å². The normalized spacial score (nSPS) is 10.9. The summed E-state index contributed by atoms with van der Waals surface area (Å²) >= 11 is 1.21. The highest BCUT2D eigenvalue weighted by Gasteiger charge is 2.15. The summed E-state index contributed by atoms with van der Waals surface area (Å²) in [6, 6.07) is 10.1. The number of rotatable bonds is 5. The van der Waals surface area contributed by atoms with Crippen LogP contribution in [0.15, 0.2) is 55.9 Å². The molecule has 0 aliphatic carbocycles. The van der Waals surface area contributed by atoms with E-state index in [4.69, 9.17) is 4.42 Å². The van der Waals surface area contributed by atoms with Crippen LogP contribution in [0.4, 0.5) is 5.69 Å². The molecule has 0 saturated heterocycles. The summed E-state index contributed by atoms with van der Waals surface area (Å²) in [5.41, 5.74) is 0.0670. The number of hydrogen-bond donors (Lipinski definition) is 0. The molecular formula is C13H13N3O3S. The molecule has 6 nitrogen and oxygen atoms in total. The van der Waals surface area contributed by atoms with Gasteiger partial charge in [-0.15, -0.1) is 0 Å². The zero-order valence-electron chi connectivity index (χ0n) is 11.0. The quantitative estimate of drug-likeness (QED) is 0.480. The lowest BCUT2D eigenvalue weighted by Gasteiger charge is -2.01. The van der Waals surface area contributed by atoms with Crippen LogP contribution in [0.2, 0.25) is 0 Å². The number of nitro benzene ring substituents is 1. The summed E-state index contributed by atoms with van der Waals surface area (Å²) in [6.45, 7) is 0. The van der Waals surface area contributed by atoms with E-state index >= 15 is 0 Å². The van der Waals surface area contributed by atoms with Gasteiger partial charge in [0.25, 0.3) is 5.69 Å². The molecule has 0 fully saturated rings. The molecule has 20 heavy (non-hydrogen) atoms. The third-order valence-corrected chi connectivity index (χ3v) is 3.28. The van der Waals surface area contributed by atoms with E-state index in [1.165, 1.54) is 17.8 Å². The number of para-hydroxylation sites is 1. The van der Waals surface area contributed by atoms with E-state index in [9.17, 15) is 10.1 Å². The lowest BCUT2D eigenvalue weighted by atomic mass is 10.3. The van der Waals surface area contributed by atoms with Crippen LogP contribution in [0, 0.1) is 10.1 Å². The minimum absolute atomic E-state index is 0.0670. The molecule has 7 heteroatoms. The third kappa shape index (κ3) is 3.61. The van der Waals surface area contributed by atoms with Crippen molar-refractivity contribution in [3.05, 3.63) is 52.3 Å². The standard InChI is InChI=1S/C13H13N3O3S/c1-15(2)14-9-10-7-8-13(19-10)20-12-6-4-3-5-11(12)16(17)18/h3-9H,1-2H3/b14-9+. The lowest BCUT2D eigenvalue weighted by Crippen LogP contribution is -2.01. The second-order valence-electron chi connectivity index (χ2n) is 4.08. The molecule has 2 rings (SSSR count). The molecule has 1 aromatic carbocycles. The largest absolute Gasteiger partial charge is 0.448 e. The van der Waals surface area contributed by atoms with Crippen molar-refractivity contribution in [2.75, 3.05) is 14.1 Å². The van der Waals surface area contributed by atoms with E-state index in [1.54, 1.807) is 41.6 Å². The number of benzene rings is 1. The molecule has 0 N–H and O–H groups in total. The van der Waals surface area contributed by atoms with Crippen molar-refractivity contribution < 1.29 is 9.34 Å². The Morgan fingerprint density at radius 3 is 2.75 bits per heavy atom. The highest BCUT2D eigenvalue weighted by atomic mass is 32.2. The second-order valence-corrected chi connectivity index (χ2v) is 5.12. The molecule has 1 heterocycles. The first kappa shape index (κ1) is 14.1. The van der Waals surface area contributed by atoms with Gasteiger partial charge in [0.15, 0.2) is 5.09 Å². The zero-order chi connectivity index (χ0) is 14.5. The van der Waals surface area contributed by atoms with Crippen LogP contribution in [-0.2, 0) is 0 Å². The van der Waals surface area contributed by atoms with E-state index in [1.807, 2.05) is 14.1 Å². The van der Waals surface area contributed by atoms with Crippen molar-refractivity contribution in [2.45, 2.75) is 9.99 Å². The van der Waals surface area contributed by atoms with Crippen molar-refractivity contribution in [1.29, 1.82) is 0 Å². The van der Waals surface area contributed by atoms with Crippen LogP contribution >= 0.6 is 11.8 Å². The number of nitro groups is 1. The molecule has 0 aliphatic rings. The molecule has 0 spiro atoms. The van der Waals surface area contributed by atoms with Crippen LogP contribution in [-0.4, -0.2) is 30.2 Å². The molecular weight excluding hydrogens is 278 g/mol. The van der Waals surface area contributed by atoms with Crippen LogP contribution in [0.25, 0.3) is 0 Å². The minimum Gasteiger partial charge on any atom is -0.448 e. The van der Waals surface area contributed by atoms with Gasteiger partial charge in [-0.3, -0.25) is 10.1 Å². The molecule has 0 unspecified atom stereocenters. The Hall–Kier alpha value is -2.28. The fourth-order valence-corrected chi connectivity index (χ4v) is 2.32. The molecule has 0 bridgehead atoms. The maximum atomic E-state index is 10.9. The highest BCUT2D eigenvalue weighted by Crippen LogP contribution is 2.35. The molecule has 0 saturated carbocycles. The molecule has 0 amide bonds. The maximum Gasteiger partial charge on any atom is 0.283 e. The van der Waals surface area contributed by atoms with Gasteiger partial charge < -0.3 is 9.43 Å². The van der Waals surface area contributed by atoms with E-state index in [0.29, 0.717) is 15.7 Å². The Bertz CT molecular complexity index is 637. The molecule has 1 aromatic heterocycles. The fourth-order valence-electron chi connectivity index (χ4n) is 1.43. The predicted molar refractivity (Wildman–Crippen MR) is 77.2 cm³/mol. The number of hydrazone groups is 1. The zero-order valence-corrected chi connectivity index (χ0v) is 11.8.